The van der Waals surface area contributed by atoms with Gasteiger partial charge in [0.1, 0.15) is 0 Å². The van der Waals surface area contributed by atoms with Crippen LogP contribution < -0.4 is 0 Å². The lowest BCUT2D eigenvalue weighted by molar-refractivity contribution is 0.243. The molecule has 1 aliphatic rings. The fourth-order valence-corrected chi connectivity index (χ4v) is 4.45. The molecule has 1 atom stereocenters. The van der Waals surface area contributed by atoms with Crippen molar-refractivity contribution in [3.05, 3.63) is 47.0 Å². The Labute approximate surface area is 150 Å². The summed E-state index contributed by atoms with van der Waals surface area (Å²) in [5, 5.41) is 0. The van der Waals surface area contributed by atoms with E-state index in [2.05, 4.69) is 71.9 Å². The Kier molecular flexibility index (Phi) is 6.72. The zero-order valence-electron chi connectivity index (χ0n) is 16.9. The van der Waals surface area contributed by atoms with Crippen LogP contribution in [-0.4, -0.2) is 0 Å². The second-order valence-corrected chi connectivity index (χ2v) is 9.32. The van der Waals surface area contributed by atoms with Crippen LogP contribution in [0.15, 0.2) is 35.9 Å². The second kappa shape index (κ2) is 8.37. The van der Waals surface area contributed by atoms with E-state index in [1.165, 1.54) is 55.2 Å². The minimum atomic E-state index is 0.242. The van der Waals surface area contributed by atoms with E-state index in [9.17, 15) is 0 Å². The molecule has 0 bridgehead atoms. The molecule has 134 valence electrons. The Morgan fingerprint density at radius 3 is 2.21 bits per heavy atom. The van der Waals surface area contributed by atoms with Crippen molar-refractivity contribution >= 4 is 0 Å². The number of hydrogen-bond acceptors (Lipinski definition) is 0. The van der Waals surface area contributed by atoms with Crippen molar-refractivity contribution in [2.75, 3.05) is 0 Å². The number of allylic oxidation sites excluding steroid dienone is 2. The number of rotatable bonds is 6. The van der Waals surface area contributed by atoms with E-state index in [1.54, 1.807) is 0 Å². The van der Waals surface area contributed by atoms with E-state index in [1.807, 2.05) is 0 Å². The first kappa shape index (κ1) is 19.3. The molecule has 1 saturated carbocycles. The lowest BCUT2D eigenvalue weighted by Crippen LogP contribution is -2.23. The third-order valence-corrected chi connectivity index (χ3v) is 5.95. The van der Waals surface area contributed by atoms with Crippen molar-refractivity contribution in [2.24, 2.45) is 17.8 Å². The number of aryl methyl sites for hydroxylation is 1. The fraction of sp³-hybridized carbons (Fsp3) is 0.667. The third-order valence-electron chi connectivity index (χ3n) is 5.95. The summed E-state index contributed by atoms with van der Waals surface area (Å²) < 4.78 is 0. The van der Waals surface area contributed by atoms with Crippen molar-refractivity contribution < 1.29 is 0 Å². The maximum absolute atomic E-state index is 2.55. The van der Waals surface area contributed by atoms with Crippen LogP contribution in [0.1, 0.15) is 84.3 Å². The SMILES string of the molecule is CC(C)=CC(CC1CCC(C)CC1)CC(C)(C)c1ccc(C)cc1. The third kappa shape index (κ3) is 5.80. The smallest absolute Gasteiger partial charge is 0.00980 e. The molecule has 24 heavy (non-hydrogen) atoms. The van der Waals surface area contributed by atoms with Crippen molar-refractivity contribution in [3.8, 4) is 0 Å². The number of benzene rings is 1. The van der Waals surface area contributed by atoms with Crippen LogP contribution in [0.4, 0.5) is 0 Å². The molecule has 1 unspecified atom stereocenters. The molecule has 1 aliphatic carbocycles. The monoisotopic (exact) mass is 326 g/mol. The van der Waals surface area contributed by atoms with Crippen LogP contribution in [-0.2, 0) is 5.41 Å². The highest BCUT2D eigenvalue weighted by Gasteiger charge is 2.27. The van der Waals surface area contributed by atoms with Crippen LogP contribution in [0.5, 0.6) is 0 Å². The van der Waals surface area contributed by atoms with E-state index < -0.39 is 0 Å². The Bertz CT molecular complexity index is 520. The summed E-state index contributed by atoms with van der Waals surface area (Å²) in [7, 11) is 0. The fourth-order valence-electron chi connectivity index (χ4n) is 4.45. The summed E-state index contributed by atoms with van der Waals surface area (Å²) in [6.07, 6.45) is 11.0. The normalized spacial score (nSPS) is 22.9. The molecular weight excluding hydrogens is 288 g/mol. The van der Waals surface area contributed by atoms with Crippen molar-refractivity contribution in [2.45, 2.75) is 85.5 Å². The first-order valence-corrected chi connectivity index (χ1v) is 9.98. The van der Waals surface area contributed by atoms with E-state index in [4.69, 9.17) is 0 Å². The molecular formula is C24H38. The van der Waals surface area contributed by atoms with Gasteiger partial charge in [-0.05, 0) is 62.3 Å². The molecule has 0 radical (unpaired) electrons. The average Bonchev–Trinajstić information content (AvgIpc) is 2.49. The predicted molar refractivity (Wildman–Crippen MR) is 107 cm³/mol. The molecule has 1 aromatic rings. The summed E-state index contributed by atoms with van der Waals surface area (Å²) in [6.45, 7) is 14.0. The van der Waals surface area contributed by atoms with Crippen LogP contribution >= 0.6 is 0 Å². The van der Waals surface area contributed by atoms with Gasteiger partial charge < -0.3 is 0 Å². The molecule has 0 spiro atoms. The van der Waals surface area contributed by atoms with E-state index in [0.717, 1.165) is 11.8 Å². The zero-order valence-corrected chi connectivity index (χ0v) is 16.9. The molecule has 0 aromatic heterocycles. The Hall–Kier alpha value is -1.04. The molecule has 0 heterocycles. The Balaban J connectivity index is 2.07. The van der Waals surface area contributed by atoms with Gasteiger partial charge in [0.15, 0.2) is 0 Å². The largest absolute Gasteiger partial charge is 0.0827 e. The van der Waals surface area contributed by atoms with Gasteiger partial charge in [-0.25, -0.2) is 0 Å². The summed E-state index contributed by atoms with van der Waals surface area (Å²) >= 11 is 0. The van der Waals surface area contributed by atoms with Crippen LogP contribution in [0.2, 0.25) is 0 Å². The van der Waals surface area contributed by atoms with Crippen LogP contribution in [0.25, 0.3) is 0 Å². The predicted octanol–water partition coefficient (Wildman–Crippen LogP) is 7.46. The lowest BCUT2D eigenvalue weighted by Gasteiger charge is -2.33. The maximum atomic E-state index is 2.55. The van der Waals surface area contributed by atoms with Gasteiger partial charge in [0.05, 0.1) is 0 Å². The van der Waals surface area contributed by atoms with Gasteiger partial charge in [-0.3, -0.25) is 0 Å². The molecule has 0 aliphatic heterocycles. The van der Waals surface area contributed by atoms with Gasteiger partial charge >= 0.3 is 0 Å². The zero-order chi connectivity index (χ0) is 17.7. The molecule has 0 nitrogen and oxygen atoms in total. The van der Waals surface area contributed by atoms with Gasteiger partial charge in [0, 0.05) is 0 Å². The highest BCUT2D eigenvalue weighted by Crippen LogP contribution is 2.38. The van der Waals surface area contributed by atoms with Gasteiger partial charge in [-0.2, -0.15) is 0 Å². The lowest BCUT2D eigenvalue weighted by atomic mass is 9.72. The summed E-state index contributed by atoms with van der Waals surface area (Å²) in [5.74, 6) is 2.60. The Morgan fingerprint density at radius 1 is 1.08 bits per heavy atom. The first-order valence-electron chi connectivity index (χ1n) is 9.98. The minimum Gasteiger partial charge on any atom is -0.0827 e. The van der Waals surface area contributed by atoms with Gasteiger partial charge in [-0.15, -0.1) is 0 Å². The maximum Gasteiger partial charge on any atom is -0.00980 e. The number of hydrogen-bond donors (Lipinski definition) is 0. The summed E-state index contributed by atoms with van der Waals surface area (Å²) in [6, 6.07) is 9.18. The van der Waals surface area contributed by atoms with Crippen molar-refractivity contribution in [1.82, 2.24) is 0 Å². The quantitative estimate of drug-likeness (QED) is 0.476. The van der Waals surface area contributed by atoms with Gasteiger partial charge in [0.2, 0.25) is 0 Å². The van der Waals surface area contributed by atoms with E-state index >= 15 is 0 Å². The summed E-state index contributed by atoms with van der Waals surface area (Å²) in [5.41, 5.74) is 4.56. The summed E-state index contributed by atoms with van der Waals surface area (Å²) in [4.78, 5) is 0. The molecule has 1 fully saturated rings. The highest BCUT2D eigenvalue weighted by molar-refractivity contribution is 5.27. The minimum absolute atomic E-state index is 0.242. The van der Waals surface area contributed by atoms with Crippen LogP contribution in [0.3, 0.4) is 0 Å². The molecule has 0 heteroatoms. The second-order valence-electron chi connectivity index (χ2n) is 9.32. The molecule has 0 saturated heterocycles. The van der Waals surface area contributed by atoms with Crippen LogP contribution in [0, 0.1) is 24.7 Å². The Morgan fingerprint density at radius 2 is 1.67 bits per heavy atom. The van der Waals surface area contributed by atoms with Crippen molar-refractivity contribution in [3.63, 3.8) is 0 Å². The standard InChI is InChI=1S/C24H38/c1-18(2)15-22(16-21-11-7-19(3)8-12-21)17-24(5,6)23-13-9-20(4)10-14-23/h9-10,13-15,19,21-22H,7-8,11-12,16-17H2,1-6H3. The molecule has 2 rings (SSSR count). The van der Waals surface area contributed by atoms with E-state index in [-0.39, 0.29) is 5.41 Å². The van der Waals surface area contributed by atoms with Crippen molar-refractivity contribution in [1.29, 1.82) is 0 Å². The van der Waals surface area contributed by atoms with Gasteiger partial charge in [0.25, 0.3) is 0 Å². The first-order chi connectivity index (χ1) is 11.3. The molecule has 0 amide bonds. The average molecular weight is 327 g/mol. The molecule has 0 N–H and O–H groups in total. The molecule has 1 aromatic carbocycles. The highest BCUT2D eigenvalue weighted by atomic mass is 14.3. The van der Waals surface area contributed by atoms with Gasteiger partial charge in [-0.1, -0.05) is 87.9 Å². The topological polar surface area (TPSA) is 0 Å². The van der Waals surface area contributed by atoms with E-state index in [0.29, 0.717) is 5.92 Å².